The molecule has 0 aliphatic heterocycles. The second-order valence-electron chi connectivity index (χ2n) is 5.22. The zero-order valence-corrected chi connectivity index (χ0v) is 14.7. The zero-order chi connectivity index (χ0) is 18.5. The van der Waals surface area contributed by atoms with Crippen molar-refractivity contribution in [2.24, 2.45) is 0 Å². The molecule has 3 aromatic rings. The molecule has 0 atom stereocenters. The molecule has 1 aromatic heterocycles. The molecule has 2 N–H and O–H groups in total. The smallest absolute Gasteiger partial charge is 0.258 e. The predicted molar refractivity (Wildman–Crippen MR) is 101 cm³/mol. The SMILES string of the molecule is N#Cc1ccc(Nc2ncc(C(=O)Nc3cc(Cl)cc(Cl)c3)cn2)cc1. The summed E-state index contributed by atoms with van der Waals surface area (Å²) in [4.78, 5) is 20.5. The van der Waals surface area contributed by atoms with Gasteiger partial charge in [0.25, 0.3) is 5.91 Å². The van der Waals surface area contributed by atoms with Crippen LogP contribution in [-0.4, -0.2) is 15.9 Å². The molecule has 0 fully saturated rings. The molecule has 0 bridgehead atoms. The monoisotopic (exact) mass is 383 g/mol. The van der Waals surface area contributed by atoms with Crippen LogP contribution in [0.25, 0.3) is 0 Å². The van der Waals surface area contributed by atoms with E-state index < -0.39 is 0 Å². The number of nitriles is 1. The third kappa shape index (κ3) is 4.48. The van der Waals surface area contributed by atoms with Crippen molar-refractivity contribution in [1.29, 1.82) is 5.26 Å². The first-order valence-electron chi connectivity index (χ1n) is 7.40. The van der Waals surface area contributed by atoms with Crippen LogP contribution in [0.2, 0.25) is 10.0 Å². The standard InChI is InChI=1S/C18H11Cl2N5O/c19-13-5-14(20)7-16(6-13)24-17(26)12-9-22-18(23-10-12)25-15-3-1-11(8-21)2-4-15/h1-7,9-10H,(H,24,26)(H,22,23,25). The van der Waals surface area contributed by atoms with Crippen molar-refractivity contribution in [2.75, 3.05) is 10.6 Å². The van der Waals surface area contributed by atoms with Crippen LogP contribution in [0.15, 0.2) is 54.9 Å². The summed E-state index contributed by atoms with van der Waals surface area (Å²) in [6.07, 6.45) is 2.81. The maximum atomic E-state index is 12.2. The molecule has 3 rings (SSSR count). The molecule has 8 heteroatoms. The van der Waals surface area contributed by atoms with Crippen LogP contribution < -0.4 is 10.6 Å². The quantitative estimate of drug-likeness (QED) is 0.683. The summed E-state index contributed by atoms with van der Waals surface area (Å²) in [7, 11) is 0. The van der Waals surface area contributed by atoms with Crippen molar-refractivity contribution >= 4 is 46.4 Å². The van der Waals surface area contributed by atoms with Crippen molar-refractivity contribution in [3.8, 4) is 6.07 Å². The van der Waals surface area contributed by atoms with Crippen LogP contribution in [0.1, 0.15) is 15.9 Å². The number of nitrogens with one attached hydrogen (secondary N) is 2. The Hall–Kier alpha value is -3.14. The molecule has 0 saturated heterocycles. The fourth-order valence-electron chi connectivity index (χ4n) is 2.10. The molecule has 128 valence electrons. The summed E-state index contributed by atoms with van der Waals surface area (Å²) in [6.45, 7) is 0. The van der Waals surface area contributed by atoms with Gasteiger partial charge < -0.3 is 10.6 Å². The van der Waals surface area contributed by atoms with Gasteiger partial charge in [-0.15, -0.1) is 0 Å². The Labute approximate surface area is 159 Å². The topological polar surface area (TPSA) is 90.7 Å². The van der Waals surface area contributed by atoms with Gasteiger partial charge in [0.05, 0.1) is 17.2 Å². The highest BCUT2D eigenvalue weighted by Crippen LogP contribution is 2.23. The number of aromatic nitrogens is 2. The Morgan fingerprint density at radius 3 is 2.15 bits per heavy atom. The molecule has 0 spiro atoms. The molecule has 1 amide bonds. The van der Waals surface area contributed by atoms with E-state index in [-0.39, 0.29) is 11.5 Å². The highest BCUT2D eigenvalue weighted by atomic mass is 35.5. The Kier molecular flexibility index (Phi) is 5.32. The average molecular weight is 384 g/mol. The highest BCUT2D eigenvalue weighted by molar-refractivity contribution is 6.35. The second kappa shape index (κ2) is 7.83. The van der Waals surface area contributed by atoms with Gasteiger partial charge >= 0.3 is 0 Å². The van der Waals surface area contributed by atoms with Gasteiger partial charge in [0.1, 0.15) is 0 Å². The summed E-state index contributed by atoms with van der Waals surface area (Å²) in [5.74, 6) is -0.0506. The maximum absolute atomic E-state index is 12.2. The molecule has 2 aromatic carbocycles. The van der Waals surface area contributed by atoms with Gasteiger partial charge in [-0.05, 0) is 42.5 Å². The van der Waals surface area contributed by atoms with Crippen LogP contribution in [-0.2, 0) is 0 Å². The van der Waals surface area contributed by atoms with Crippen LogP contribution in [0.3, 0.4) is 0 Å². The molecule has 0 unspecified atom stereocenters. The third-order valence-corrected chi connectivity index (χ3v) is 3.74. The fourth-order valence-corrected chi connectivity index (χ4v) is 2.62. The van der Waals surface area contributed by atoms with Crippen molar-refractivity contribution in [1.82, 2.24) is 9.97 Å². The minimum Gasteiger partial charge on any atom is -0.324 e. The number of anilines is 3. The molecular weight excluding hydrogens is 373 g/mol. The lowest BCUT2D eigenvalue weighted by atomic mass is 10.2. The summed E-state index contributed by atoms with van der Waals surface area (Å²) in [6, 6.07) is 13.6. The van der Waals surface area contributed by atoms with Gasteiger partial charge in [0.15, 0.2) is 0 Å². The number of carbonyl (C=O) groups is 1. The van der Waals surface area contributed by atoms with Crippen LogP contribution in [0.5, 0.6) is 0 Å². The third-order valence-electron chi connectivity index (χ3n) is 3.30. The van der Waals surface area contributed by atoms with Gasteiger partial charge in [-0.3, -0.25) is 4.79 Å². The van der Waals surface area contributed by atoms with E-state index in [0.29, 0.717) is 27.2 Å². The Balaban J connectivity index is 1.68. The molecule has 0 aliphatic carbocycles. The van der Waals surface area contributed by atoms with E-state index in [9.17, 15) is 4.79 Å². The number of amides is 1. The molecule has 0 aliphatic rings. The number of halogens is 2. The van der Waals surface area contributed by atoms with Crippen LogP contribution >= 0.6 is 23.2 Å². The lowest BCUT2D eigenvalue weighted by Gasteiger charge is -2.07. The van der Waals surface area contributed by atoms with Gasteiger partial charge in [-0.1, -0.05) is 23.2 Å². The molecular formula is C18H11Cl2N5O. The summed E-state index contributed by atoms with van der Waals surface area (Å²) in [5.41, 5.74) is 2.05. The van der Waals surface area contributed by atoms with E-state index in [1.807, 2.05) is 6.07 Å². The Morgan fingerprint density at radius 2 is 1.58 bits per heavy atom. The minimum atomic E-state index is -0.381. The first-order valence-corrected chi connectivity index (χ1v) is 8.16. The zero-order valence-electron chi connectivity index (χ0n) is 13.2. The van der Waals surface area contributed by atoms with Gasteiger partial charge in [0.2, 0.25) is 5.95 Å². The molecule has 6 nitrogen and oxygen atoms in total. The van der Waals surface area contributed by atoms with Crippen LogP contribution in [0, 0.1) is 11.3 Å². The maximum Gasteiger partial charge on any atom is 0.258 e. The van der Waals surface area contributed by atoms with Gasteiger partial charge in [-0.2, -0.15) is 5.26 Å². The molecule has 26 heavy (non-hydrogen) atoms. The average Bonchev–Trinajstić information content (AvgIpc) is 2.62. The number of rotatable bonds is 4. The van der Waals surface area contributed by atoms with E-state index in [1.165, 1.54) is 12.4 Å². The molecule has 0 saturated carbocycles. The normalized spacial score (nSPS) is 10.0. The van der Waals surface area contributed by atoms with E-state index in [1.54, 1.807) is 42.5 Å². The first kappa shape index (κ1) is 17.7. The van der Waals surface area contributed by atoms with E-state index in [0.717, 1.165) is 5.69 Å². The van der Waals surface area contributed by atoms with Crippen molar-refractivity contribution < 1.29 is 4.79 Å². The number of nitrogens with zero attached hydrogens (tertiary/aromatic N) is 3. The van der Waals surface area contributed by atoms with Gasteiger partial charge in [-0.25, -0.2) is 9.97 Å². The lowest BCUT2D eigenvalue weighted by Crippen LogP contribution is -2.13. The Bertz CT molecular complexity index is 962. The van der Waals surface area contributed by atoms with E-state index in [4.69, 9.17) is 28.5 Å². The molecule has 1 heterocycles. The van der Waals surface area contributed by atoms with Gasteiger partial charge in [0, 0.05) is 33.8 Å². The van der Waals surface area contributed by atoms with Crippen molar-refractivity contribution in [3.63, 3.8) is 0 Å². The van der Waals surface area contributed by atoms with E-state index >= 15 is 0 Å². The van der Waals surface area contributed by atoms with E-state index in [2.05, 4.69) is 20.6 Å². The van der Waals surface area contributed by atoms with Crippen molar-refractivity contribution in [2.45, 2.75) is 0 Å². The second-order valence-corrected chi connectivity index (χ2v) is 6.09. The summed E-state index contributed by atoms with van der Waals surface area (Å²) in [5, 5.41) is 15.3. The van der Waals surface area contributed by atoms with Crippen molar-refractivity contribution in [3.05, 3.63) is 76.0 Å². The Morgan fingerprint density at radius 1 is 0.962 bits per heavy atom. The van der Waals surface area contributed by atoms with Crippen LogP contribution in [0.4, 0.5) is 17.3 Å². The number of carbonyl (C=O) groups excluding carboxylic acids is 1. The molecule has 0 radical (unpaired) electrons. The number of hydrogen-bond acceptors (Lipinski definition) is 5. The largest absolute Gasteiger partial charge is 0.324 e. The summed E-state index contributed by atoms with van der Waals surface area (Å²) >= 11 is 11.8. The predicted octanol–water partition coefficient (Wildman–Crippen LogP) is 4.65. The summed E-state index contributed by atoms with van der Waals surface area (Å²) < 4.78 is 0. The first-order chi connectivity index (χ1) is 12.5. The minimum absolute atomic E-state index is 0.284. The number of benzene rings is 2. The lowest BCUT2D eigenvalue weighted by molar-refractivity contribution is 0.102. The fraction of sp³-hybridized carbons (Fsp3) is 0. The highest BCUT2D eigenvalue weighted by Gasteiger charge is 2.09. The number of hydrogen-bond donors (Lipinski definition) is 2.